The summed E-state index contributed by atoms with van der Waals surface area (Å²) in [5.74, 6) is 1.10. The quantitative estimate of drug-likeness (QED) is 0.582. The van der Waals surface area contributed by atoms with Gasteiger partial charge in [0.25, 0.3) is 0 Å². The third-order valence-corrected chi connectivity index (χ3v) is 5.10. The van der Waals surface area contributed by atoms with Crippen LogP contribution in [-0.2, 0) is 24.4 Å². The average molecular weight is 371 g/mol. The van der Waals surface area contributed by atoms with Crippen LogP contribution in [0.15, 0.2) is 46.1 Å². The highest BCUT2D eigenvalue weighted by atomic mass is 32.1. The molecule has 1 aliphatic rings. The Bertz CT molecular complexity index is 725. The number of guanidine groups is 1. The molecule has 2 aromatic rings. The first kappa shape index (κ1) is 18.5. The predicted molar refractivity (Wildman–Crippen MR) is 107 cm³/mol. The van der Waals surface area contributed by atoms with E-state index in [0.29, 0.717) is 13.0 Å². The van der Waals surface area contributed by atoms with Crippen molar-refractivity contribution >= 4 is 23.2 Å². The van der Waals surface area contributed by atoms with Crippen LogP contribution >= 0.6 is 11.3 Å². The molecule has 0 unspecified atom stereocenters. The van der Waals surface area contributed by atoms with E-state index in [1.54, 1.807) is 11.3 Å². The lowest BCUT2D eigenvalue weighted by Crippen LogP contribution is -2.36. The van der Waals surface area contributed by atoms with E-state index in [4.69, 9.17) is 0 Å². The molecule has 1 aromatic carbocycles. The van der Waals surface area contributed by atoms with Gasteiger partial charge in [0.1, 0.15) is 0 Å². The summed E-state index contributed by atoms with van der Waals surface area (Å²) >= 11 is 1.69. The molecule has 6 heteroatoms. The van der Waals surface area contributed by atoms with Gasteiger partial charge in [-0.1, -0.05) is 24.3 Å². The van der Waals surface area contributed by atoms with Crippen molar-refractivity contribution in [2.24, 2.45) is 4.99 Å². The Hall–Kier alpha value is -2.34. The SMILES string of the molecule is CCNC(=NCc1ccsc1)NCc1ccc(CN2CCCC2=O)cc1. The maximum absolute atomic E-state index is 11.7. The summed E-state index contributed by atoms with van der Waals surface area (Å²) in [5, 5.41) is 10.8. The van der Waals surface area contributed by atoms with Crippen LogP contribution in [0.5, 0.6) is 0 Å². The minimum absolute atomic E-state index is 0.271. The van der Waals surface area contributed by atoms with Gasteiger partial charge in [0.2, 0.25) is 5.91 Å². The van der Waals surface area contributed by atoms with Crippen LogP contribution in [0.4, 0.5) is 0 Å². The number of carbonyl (C=O) groups excluding carboxylic acids is 1. The zero-order chi connectivity index (χ0) is 18.2. The molecule has 5 nitrogen and oxygen atoms in total. The summed E-state index contributed by atoms with van der Waals surface area (Å²) in [6.07, 6.45) is 1.68. The van der Waals surface area contributed by atoms with Crippen molar-refractivity contribution in [2.45, 2.75) is 39.4 Å². The Labute approximate surface area is 159 Å². The maximum Gasteiger partial charge on any atom is 0.222 e. The van der Waals surface area contributed by atoms with Crippen LogP contribution in [0.25, 0.3) is 0 Å². The van der Waals surface area contributed by atoms with Crippen molar-refractivity contribution in [3.8, 4) is 0 Å². The number of rotatable bonds is 7. The predicted octanol–water partition coefficient (Wildman–Crippen LogP) is 3.13. The highest BCUT2D eigenvalue weighted by Gasteiger charge is 2.19. The first-order valence-corrected chi connectivity index (χ1v) is 10.1. The minimum atomic E-state index is 0.271. The topological polar surface area (TPSA) is 56.7 Å². The molecule has 0 atom stereocenters. The summed E-state index contributed by atoms with van der Waals surface area (Å²) in [6, 6.07) is 10.5. The van der Waals surface area contributed by atoms with Crippen molar-refractivity contribution in [2.75, 3.05) is 13.1 Å². The lowest BCUT2D eigenvalue weighted by molar-refractivity contribution is -0.128. The number of amides is 1. The summed E-state index contributed by atoms with van der Waals surface area (Å²) in [4.78, 5) is 18.3. The molecule has 1 fully saturated rings. The van der Waals surface area contributed by atoms with Crippen molar-refractivity contribution in [1.29, 1.82) is 0 Å². The fraction of sp³-hybridized carbons (Fsp3) is 0.400. The molecule has 0 aliphatic carbocycles. The van der Waals surface area contributed by atoms with Crippen LogP contribution in [-0.4, -0.2) is 29.9 Å². The van der Waals surface area contributed by atoms with Crippen LogP contribution in [0.1, 0.15) is 36.5 Å². The molecule has 0 spiro atoms. The fourth-order valence-electron chi connectivity index (χ4n) is 2.93. The molecule has 138 valence electrons. The molecular weight excluding hydrogens is 344 g/mol. The number of hydrogen-bond acceptors (Lipinski definition) is 3. The summed E-state index contributed by atoms with van der Waals surface area (Å²) in [6.45, 7) is 5.90. The fourth-order valence-corrected chi connectivity index (χ4v) is 3.59. The summed E-state index contributed by atoms with van der Waals surface area (Å²) in [5.41, 5.74) is 3.61. The number of thiophene rings is 1. The zero-order valence-electron chi connectivity index (χ0n) is 15.2. The second-order valence-electron chi connectivity index (χ2n) is 6.42. The third kappa shape index (κ3) is 5.33. The Balaban J connectivity index is 1.52. The van der Waals surface area contributed by atoms with E-state index in [1.165, 1.54) is 16.7 Å². The average Bonchev–Trinajstić information content (AvgIpc) is 3.31. The van der Waals surface area contributed by atoms with Gasteiger partial charge in [-0.05, 0) is 46.9 Å². The lowest BCUT2D eigenvalue weighted by atomic mass is 10.1. The van der Waals surface area contributed by atoms with Crippen molar-refractivity contribution in [3.63, 3.8) is 0 Å². The number of likely N-dealkylation sites (tertiary alicyclic amines) is 1. The molecule has 26 heavy (non-hydrogen) atoms. The molecule has 2 heterocycles. The number of nitrogens with zero attached hydrogens (tertiary/aromatic N) is 2. The number of nitrogens with one attached hydrogen (secondary N) is 2. The van der Waals surface area contributed by atoms with E-state index in [2.05, 4.69) is 63.6 Å². The van der Waals surface area contributed by atoms with E-state index in [1.807, 2.05) is 4.90 Å². The van der Waals surface area contributed by atoms with E-state index in [9.17, 15) is 4.79 Å². The van der Waals surface area contributed by atoms with Gasteiger partial charge >= 0.3 is 0 Å². The Kier molecular flexibility index (Phi) is 6.66. The third-order valence-electron chi connectivity index (χ3n) is 4.37. The zero-order valence-corrected chi connectivity index (χ0v) is 16.0. The van der Waals surface area contributed by atoms with Gasteiger partial charge in [0.15, 0.2) is 5.96 Å². The van der Waals surface area contributed by atoms with Crippen molar-refractivity contribution in [1.82, 2.24) is 15.5 Å². The van der Waals surface area contributed by atoms with Gasteiger partial charge in [0.05, 0.1) is 6.54 Å². The van der Waals surface area contributed by atoms with E-state index < -0.39 is 0 Å². The number of benzene rings is 1. The van der Waals surface area contributed by atoms with Crippen LogP contribution < -0.4 is 10.6 Å². The second-order valence-corrected chi connectivity index (χ2v) is 7.20. The van der Waals surface area contributed by atoms with Gasteiger partial charge in [-0.2, -0.15) is 11.3 Å². The molecule has 0 saturated carbocycles. The van der Waals surface area contributed by atoms with E-state index in [0.717, 1.165) is 38.6 Å². The van der Waals surface area contributed by atoms with Crippen molar-refractivity contribution in [3.05, 3.63) is 57.8 Å². The van der Waals surface area contributed by atoms with Crippen LogP contribution in [0, 0.1) is 0 Å². The first-order chi connectivity index (χ1) is 12.7. The highest BCUT2D eigenvalue weighted by Crippen LogP contribution is 2.14. The van der Waals surface area contributed by atoms with E-state index in [-0.39, 0.29) is 5.91 Å². The highest BCUT2D eigenvalue weighted by molar-refractivity contribution is 7.07. The van der Waals surface area contributed by atoms with E-state index >= 15 is 0 Å². The standard InChI is InChI=1S/C20H26N4OS/c1-2-21-20(23-13-18-9-11-26-15-18)22-12-16-5-7-17(8-6-16)14-24-10-3-4-19(24)25/h5-9,11,15H,2-4,10,12-14H2,1H3,(H2,21,22,23). The number of hydrogen-bond donors (Lipinski definition) is 2. The first-order valence-electron chi connectivity index (χ1n) is 9.13. The molecule has 1 amide bonds. The minimum Gasteiger partial charge on any atom is -0.357 e. The van der Waals surface area contributed by atoms with Gasteiger partial charge in [-0.25, -0.2) is 4.99 Å². The lowest BCUT2D eigenvalue weighted by Gasteiger charge is -2.16. The van der Waals surface area contributed by atoms with Gasteiger partial charge in [-0.15, -0.1) is 0 Å². The molecule has 1 saturated heterocycles. The molecule has 1 aromatic heterocycles. The van der Waals surface area contributed by atoms with Crippen LogP contribution in [0.3, 0.4) is 0 Å². The summed E-state index contributed by atoms with van der Waals surface area (Å²) in [7, 11) is 0. The molecule has 3 rings (SSSR count). The van der Waals surface area contributed by atoms with Gasteiger partial charge in [0, 0.05) is 32.6 Å². The maximum atomic E-state index is 11.7. The van der Waals surface area contributed by atoms with Gasteiger partial charge in [-0.3, -0.25) is 4.79 Å². The summed E-state index contributed by atoms with van der Waals surface area (Å²) < 4.78 is 0. The Morgan fingerprint density at radius 2 is 1.96 bits per heavy atom. The monoisotopic (exact) mass is 370 g/mol. The molecule has 0 radical (unpaired) electrons. The normalized spacial score (nSPS) is 14.7. The number of aliphatic imine (C=N–C) groups is 1. The molecular formula is C20H26N4OS. The second kappa shape index (κ2) is 9.38. The molecule has 2 N–H and O–H groups in total. The largest absolute Gasteiger partial charge is 0.357 e. The molecule has 0 bridgehead atoms. The van der Waals surface area contributed by atoms with Crippen LogP contribution in [0.2, 0.25) is 0 Å². The molecule has 1 aliphatic heterocycles. The Morgan fingerprint density at radius 3 is 2.62 bits per heavy atom. The number of carbonyl (C=O) groups is 1. The van der Waals surface area contributed by atoms with Gasteiger partial charge < -0.3 is 15.5 Å². The Morgan fingerprint density at radius 1 is 1.15 bits per heavy atom. The smallest absolute Gasteiger partial charge is 0.222 e. The van der Waals surface area contributed by atoms with Crippen molar-refractivity contribution < 1.29 is 4.79 Å².